The fourth-order valence-electron chi connectivity index (χ4n) is 3.75. The molecule has 2 fully saturated rings. The molecular formula is C19H26N2O3. The molecule has 0 spiro atoms. The smallest absolute Gasteiger partial charge is 0.407 e. The molecule has 1 heterocycles. The van der Waals surface area contributed by atoms with Crippen molar-refractivity contribution < 1.29 is 14.3 Å². The summed E-state index contributed by atoms with van der Waals surface area (Å²) in [7, 11) is 1.89. The fourth-order valence-corrected chi connectivity index (χ4v) is 3.75. The van der Waals surface area contributed by atoms with Crippen LogP contribution in [0.5, 0.6) is 0 Å². The van der Waals surface area contributed by atoms with Crippen molar-refractivity contribution in [3.63, 3.8) is 0 Å². The zero-order valence-corrected chi connectivity index (χ0v) is 14.7. The number of benzene rings is 1. The molecule has 2 aliphatic rings. The lowest BCUT2D eigenvalue weighted by Crippen LogP contribution is -2.48. The second-order valence-corrected chi connectivity index (χ2v) is 7.19. The first-order chi connectivity index (χ1) is 11.4. The second-order valence-electron chi connectivity index (χ2n) is 7.19. The Labute approximate surface area is 143 Å². The van der Waals surface area contributed by atoms with Gasteiger partial charge in [-0.25, -0.2) is 4.79 Å². The normalized spacial score (nSPS) is 26.6. The first-order valence-electron chi connectivity index (χ1n) is 8.69. The molecule has 5 nitrogen and oxygen atoms in total. The molecule has 2 amide bonds. The van der Waals surface area contributed by atoms with Crippen LogP contribution in [0, 0.1) is 19.8 Å². The van der Waals surface area contributed by atoms with Crippen LogP contribution in [0.4, 0.5) is 4.79 Å². The molecule has 0 radical (unpaired) electrons. The minimum absolute atomic E-state index is 0.115. The number of hydrogen-bond acceptors (Lipinski definition) is 3. The number of nitrogens with one attached hydrogen (secondary N) is 1. The molecule has 130 valence electrons. The standard InChI is InChI=1S/C19H26N2O3/c1-12-6-13(2)8-15(7-12)16-9-17(10-16)21(3)18(22)14-4-5-24-19(23)20-11-14/h6-8,14,16-17H,4-5,9-11H2,1-3H3,(H,20,23)/t14-,16-,17+/m1/s1. The van der Waals surface area contributed by atoms with Crippen molar-refractivity contribution in [2.75, 3.05) is 20.2 Å². The molecule has 1 saturated heterocycles. The van der Waals surface area contributed by atoms with Gasteiger partial charge in [-0.2, -0.15) is 0 Å². The van der Waals surface area contributed by atoms with Crippen molar-refractivity contribution in [3.05, 3.63) is 34.9 Å². The number of alkyl carbamates (subject to hydrolysis) is 1. The van der Waals surface area contributed by atoms with Crippen LogP contribution in [0.2, 0.25) is 0 Å². The van der Waals surface area contributed by atoms with Crippen LogP contribution >= 0.6 is 0 Å². The van der Waals surface area contributed by atoms with Gasteiger partial charge >= 0.3 is 6.09 Å². The number of amides is 2. The highest BCUT2D eigenvalue weighted by atomic mass is 16.5. The van der Waals surface area contributed by atoms with Crippen molar-refractivity contribution in [2.45, 2.75) is 45.1 Å². The van der Waals surface area contributed by atoms with E-state index in [1.165, 1.54) is 16.7 Å². The SMILES string of the molecule is Cc1cc(C)cc([C@H]2C[C@@H](N(C)C(=O)[C@@H]3CCOC(=O)NC3)C2)c1. The van der Waals surface area contributed by atoms with Gasteiger partial charge in [-0.1, -0.05) is 29.3 Å². The van der Waals surface area contributed by atoms with Crippen molar-refractivity contribution in [2.24, 2.45) is 5.92 Å². The zero-order valence-electron chi connectivity index (χ0n) is 14.7. The number of carbonyl (C=O) groups excluding carboxylic acids is 2. The van der Waals surface area contributed by atoms with E-state index in [0.717, 1.165) is 12.8 Å². The van der Waals surface area contributed by atoms with Gasteiger partial charge in [-0.05, 0) is 44.6 Å². The number of carbonyl (C=O) groups is 2. The topological polar surface area (TPSA) is 58.6 Å². The van der Waals surface area contributed by atoms with Crippen LogP contribution in [0.15, 0.2) is 18.2 Å². The molecular weight excluding hydrogens is 304 g/mol. The van der Waals surface area contributed by atoms with Gasteiger partial charge < -0.3 is 15.0 Å². The summed E-state index contributed by atoms with van der Waals surface area (Å²) in [6.07, 6.45) is 2.20. The molecule has 1 aromatic rings. The molecule has 1 atom stereocenters. The van der Waals surface area contributed by atoms with E-state index in [2.05, 4.69) is 37.4 Å². The average Bonchev–Trinajstić information content (AvgIpc) is 2.68. The Bertz CT molecular complexity index is 617. The predicted molar refractivity (Wildman–Crippen MR) is 91.9 cm³/mol. The van der Waals surface area contributed by atoms with Gasteiger partial charge in [0, 0.05) is 19.6 Å². The maximum Gasteiger partial charge on any atom is 0.407 e. The molecule has 3 rings (SSSR count). The third-order valence-corrected chi connectivity index (χ3v) is 5.27. The first-order valence-corrected chi connectivity index (χ1v) is 8.69. The Kier molecular flexibility index (Phi) is 4.78. The molecule has 5 heteroatoms. The lowest BCUT2D eigenvalue weighted by Gasteiger charge is -2.42. The number of hydrogen-bond donors (Lipinski definition) is 1. The zero-order chi connectivity index (χ0) is 17.3. The highest BCUT2D eigenvalue weighted by molar-refractivity contribution is 5.80. The molecule has 1 saturated carbocycles. The van der Waals surface area contributed by atoms with Crippen molar-refractivity contribution in [3.8, 4) is 0 Å². The minimum atomic E-state index is -0.425. The van der Waals surface area contributed by atoms with Crippen molar-refractivity contribution >= 4 is 12.0 Å². The number of ether oxygens (including phenoxy) is 1. The summed E-state index contributed by atoms with van der Waals surface area (Å²) in [5.41, 5.74) is 3.99. The van der Waals surface area contributed by atoms with E-state index in [1.807, 2.05) is 11.9 Å². The molecule has 0 unspecified atom stereocenters. The van der Waals surface area contributed by atoms with Gasteiger partial charge in [0.2, 0.25) is 5.91 Å². The van der Waals surface area contributed by atoms with Gasteiger partial charge in [0.15, 0.2) is 0 Å². The molecule has 0 aromatic heterocycles. The van der Waals surface area contributed by atoms with Crippen molar-refractivity contribution in [1.82, 2.24) is 10.2 Å². The van der Waals surface area contributed by atoms with Crippen LogP contribution < -0.4 is 5.32 Å². The van der Waals surface area contributed by atoms with Gasteiger partial charge in [-0.15, -0.1) is 0 Å². The predicted octanol–water partition coefficient (Wildman–Crippen LogP) is 2.75. The number of aryl methyl sites for hydroxylation is 2. The van der Waals surface area contributed by atoms with Crippen LogP contribution in [-0.4, -0.2) is 43.1 Å². The maximum atomic E-state index is 12.7. The van der Waals surface area contributed by atoms with E-state index in [1.54, 1.807) is 0 Å². The largest absolute Gasteiger partial charge is 0.450 e. The summed E-state index contributed by atoms with van der Waals surface area (Å²) >= 11 is 0. The molecule has 1 aliphatic carbocycles. The van der Waals surface area contributed by atoms with Crippen LogP contribution in [0.3, 0.4) is 0 Å². The van der Waals surface area contributed by atoms with E-state index >= 15 is 0 Å². The summed E-state index contributed by atoms with van der Waals surface area (Å²) in [4.78, 5) is 25.8. The quantitative estimate of drug-likeness (QED) is 0.927. The summed E-state index contributed by atoms with van der Waals surface area (Å²) in [5.74, 6) is 0.479. The van der Waals surface area contributed by atoms with Gasteiger partial charge in [0.1, 0.15) is 0 Å². The first kappa shape index (κ1) is 16.8. The average molecular weight is 330 g/mol. The summed E-state index contributed by atoms with van der Waals surface area (Å²) in [6.45, 7) is 4.94. The lowest BCUT2D eigenvalue weighted by molar-refractivity contribution is -0.138. The number of rotatable bonds is 3. The highest BCUT2D eigenvalue weighted by Gasteiger charge is 2.37. The summed E-state index contributed by atoms with van der Waals surface area (Å²) < 4.78 is 4.94. The lowest BCUT2D eigenvalue weighted by atomic mass is 9.74. The van der Waals surface area contributed by atoms with Gasteiger partial charge in [0.05, 0.1) is 12.5 Å². The monoisotopic (exact) mass is 330 g/mol. The van der Waals surface area contributed by atoms with E-state index in [-0.39, 0.29) is 11.8 Å². The molecule has 0 bridgehead atoms. The highest BCUT2D eigenvalue weighted by Crippen LogP contribution is 2.40. The molecule has 24 heavy (non-hydrogen) atoms. The van der Waals surface area contributed by atoms with Crippen LogP contribution in [0.1, 0.15) is 41.9 Å². The molecule has 1 aromatic carbocycles. The van der Waals surface area contributed by atoms with Crippen LogP contribution in [0.25, 0.3) is 0 Å². The Balaban J connectivity index is 1.56. The summed E-state index contributed by atoms with van der Waals surface area (Å²) in [6, 6.07) is 7.00. The maximum absolute atomic E-state index is 12.7. The fraction of sp³-hybridized carbons (Fsp3) is 0.579. The van der Waals surface area contributed by atoms with E-state index in [9.17, 15) is 9.59 Å². The van der Waals surface area contributed by atoms with Gasteiger partial charge in [-0.3, -0.25) is 4.79 Å². The third kappa shape index (κ3) is 3.55. The number of nitrogens with zero attached hydrogens (tertiary/aromatic N) is 1. The van der Waals surface area contributed by atoms with Gasteiger partial charge in [0.25, 0.3) is 0 Å². The van der Waals surface area contributed by atoms with E-state index in [0.29, 0.717) is 31.5 Å². The number of cyclic esters (lactones) is 1. The molecule has 1 N–H and O–H groups in total. The Morgan fingerprint density at radius 3 is 2.54 bits per heavy atom. The third-order valence-electron chi connectivity index (χ3n) is 5.27. The molecule has 1 aliphatic heterocycles. The second kappa shape index (κ2) is 6.83. The van der Waals surface area contributed by atoms with E-state index in [4.69, 9.17) is 4.74 Å². The Morgan fingerprint density at radius 2 is 1.88 bits per heavy atom. The minimum Gasteiger partial charge on any atom is -0.450 e. The Morgan fingerprint density at radius 1 is 1.21 bits per heavy atom. The van der Waals surface area contributed by atoms with E-state index < -0.39 is 6.09 Å². The van der Waals surface area contributed by atoms with Crippen LogP contribution in [-0.2, 0) is 9.53 Å². The van der Waals surface area contributed by atoms with Crippen molar-refractivity contribution in [1.29, 1.82) is 0 Å². The summed E-state index contributed by atoms with van der Waals surface area (Å²) in [5, 5.41) is 2.64. The Hall–Kier alpha value is -2.04.